The highest BCUT2D eigenvalue weighted by atomic mass is 16.3. The van der Waals surface area contributed by atoms with Gasteiger partial charge in [0, 0.05) is 11.3 Å². The van der Waals surface area contributed by atoms with E-state index in [1.54, 1.807) is 0 Å². The molecule has 0 amide bonds. The van der Waals surface area contributed by atoms with Crippen molar-refractivity contribution in [2.24, 2.45) is 5.92 Å². The SMILES string of the molecule is CC1CCC1c1cc2ccccc2o1. The van der Waals surface area contributed by atoms with Crippen molar-refractivity contribution in [3.05, 3.63) is 36.1 Å². The van der Waals surface area contributed by atoms with Crippen molar-refractivity contribution in [3.8, 4) is 0 Å². The molecule has 1 saturated carbocycles. The summed E-state index contributed by atoms with van der Waals surface area (Å²) in [5.74, 6) is 2.66. The van der Waals surface area contributed by atoms with Crippen LogP contribution in [0.2, 0.25) is 0 Å². The Morgan fingerprint density at radius 1 is 1.21 bits per heavy atom. The van der Waals surface area contributed by atoms with Crippen molar-refractivity contribution in [3.63, 3.8) is 0 Å². The lowest BCUT2D eigenvalue weighted by Gasteiger charge is -2.31. The Morgan fingerprint density at radius 2 is 2.07 bits per heavy atom. The zero-order valence-electron chi connectivity index (χ0n) is 8.36. The summed E-state index contributed by atoms with van der Waals surface area (Å²) in [6, 6.07) is 10.5. The molecule has 0 bridgehead atoms. The number of furan rings is 1. The third-order valence-corrected chi connectivity index (χ3v) is 3.43. The Balaban J connectivity index is 2.06. The Morgan fingerprint density at radius 3 is 2.71 bits per heavy atom. The highest BCUT2D eigenvalue weighted by Crippen LogP contribution is 2.43. The fourth-order valence-electron chi connectivity index (χ4n) is 2.27. The van der Waals surface area contributed by atoms with E-state index in [1.807, 2.05) is 12.1 Å². The van der Waals surface area contributed by atoms with Crippen LogP contribution in [-0.2, 0) is 0 Å². The summed E-state index contributed by atoms with van der Waals surface area (Å²) in [5.41, 5.74) is 1.03. The average Bonchev–Trinajstić information content (AvgIpc) is 2.58. The zero-order valence-corrected chi connectivity index (χ0v) is 8.36. The minimum absolute atomic E-state index is 0.669. The number of benzene rings is 1. The number of hydrogen-bond acceptors (Lipinski definition) is 1. The highest BCUT2D eigenvalue weighted by Gasteiger charge is 2.30. The summed E-state index contributed by atoms with van der Waals surface area (Å²) >= 11 is 0. The minimum atomic E-state index is 0.669. The maximum absolute atomic E-state index is 5.84. The van der Waals surface area contributed by atoms with Crippen LogP contribution in [0.15, 0.2) is 34.7 Å². The van der Waals surface area contributed by atoms with Gasteiger partial charge in [0.15, 0.2) is 0 Å². The molecule has 14 heavy (non-hydrogen) atoms. The third-order valence-electron chi connectivity index (χ3n) is 3.43. The summed E-state index contributed by atoms with van der Waals surface area (Å²) in [4.78, 5) is 0. The minimum Gasteiger partial charge on any atom is -0.461 e. The summed E-state index contributed by atoms with van der Waals surface area (Å²) in [7, 11) is 0. The van der Waals surface area contributed by atoms with Gasteiger partial charge in [-0.05, 0) is 30.9 Å². The van der Waals surface area contributed by atoms with Crippen molar-refractivity contribution in [1.29, 1.82) is 0 Å². The summed E-state index contributed by atoms with van der Waals surface area (Å²) < 4.78 is 5.84. The van der Waals surface area contributed by atoms with Gasteiger partial charge in [0.25, 0.3) is 0 Å². The van der Waals surface area contributed by atoms with Crippen LogP contribution in [0.25, 0.3) is 11.0 Å². The molecule has 3 rings (SSSR count). The second-order valence-electron chi connectivity index (χ2n) is 4.35. The molecule has 1 fully saturated rings. The van der Waals surface area contributed by atoms with Gasteiger partial charge in [0.2, 0.25) is 0 Å². The molecule has 0 aliphatic heterocycles. The van der Waals surface area contributed by atoms with Crippen LogP contribution >= 0.6 is 0 Å². The van der Waals surface area contributed by atoms with Gasteiger partial charge in [0.05, 0.1) is 0 Å². The van der Waals surface area contributed by atoms with Gasteiger partial charge in [-0.25, -0.2) is 0 Å². The molecule has 2 atom stereocenters. The van der Waals surface area contributed by atoms with Crippen molar-refractivity contribution < 1.29 is 4.42 Å². The molecular weight excluding hydrogens is 172 g/mol. The van der Waals surface area contributed by atoms with E-state index in [0.717, 1.165) is 11.5 Å². The van der Waals surface area contributed by atoms with Crippen LogP contribution in [-0.4, -0.2) is 0 Å². The quantitative estimate of drug-likeness (QED) is 0.657. The highest BCUT2D eigenvalue weighted by molar-refractivity contribution is 5.77. The van der Waals surface area contributed by atoms with Crippen LogP contribution in [0.4, 0.5) is 0 Å². The smallest absolute Gasteiger partial charge is 0.134 e. The van der Waals surface area contributed by atoms with E-state index in [1.165, 1.54) is 24.0 Å². The maximum atomic E-state index is 5.84. The number of fused-ring (bicyclic) bond motifs is 1. The van der Waals surface area contributed by atoms with E-state index in [0.29, 0.717) is 5.92 Å². The predicted octanol–water partition coefficient (Wildman–Crippen LogP) is 3.95. The first-order valence-electron chi connectivity index (χ1n) is 5.33. The molecule has 1 heterocycles. The van der Waals surface area contributed by atoms with Crippen LogP contribution in [0.5, 0.6) is 0 Å². The Kier molecular flexibility index (Phi) is 1.66. The molecule has 0 saturated heterocycles. The monoisotopic (exact) mass is 186 g/mol. The first-order chi connectivity index (χ1) is 6.84. The second-order valence-corrected chi connectivity index (χ2v) is 4.35. The zero-order chi connectivity index (χ0) is 9.54. The standard InChI is InChI=1S/C13H14O/c1-9-6-7-11(9)13-8-10-4-2-3-5-12(10)14-13/h2-5,8-9,11H,6-7H2,1H3. The molecule has 1 aromatic carbocycles. The lowest BCUT2D eigenvalue weighted by Crippen LogP contribution is -2.19. The van der Waals surface area contributed by atoms with Crippen LogP contribution in [0.3, 0.4) is 0 Å². The lowest BCUT2D eigenvalue weighted by molar-refractivity contribution is 0.247. The van der Waals surface area contributed by atoms with Gasteiger partial charge in [-0.2, -0.15) is 0 Å². The van der Waals surface area contributed by atoms with Gasteiger partial charge in [-0.15, -0.1) is 0 Å². The molecule has 2 aromatic rings. The molecule has 0 spiro atoms. The topological polar surface area (TPSA) is 13.1 Å². The summed E-state index contributed by atoms with van der Waals surface area (Å²) in [5, 5.41) is 1.24. The van der Waals surface area contributed by atoms with Gasteiger partial charge in [0.1, 0.15) is 11.3 Å². The van der Waals surface area contributed by atoms with Gasteiger partial charge < -0.3 is 4.42 Å². The molecule has 1 aromatic heterocycles. The first-order valence-corrected chi connectivity index (χ1v) is 5.33. The fraction of sp³-hybridized carbons (Fsp3) is 0.385. The molecule has 1 aliphatic carbocycles. The molecule has 0 radical (unpaired) electrons. The largest absolute Gasteiger partial charge is 0.461 e. The number of hydrogen-bond donors (Lipinski definition) is 0. The van der Waals surface area contributed by atoms with Crippen molar-refractivity contribution in [2.75, 3.05) is 0 Å². The maximum Gasteiger partial charge on any atom is 0.134 e. The van der Waals surface area contributed by atoms with Gasteiger partial charge >= 0.3 is 0 Å². The van der Waals surface area contributed by atoms with Crippen LogP contribution in [0.1, 0.15) is 31.4 Å². The van der Waals surface area contributed by atoms with E-state index in [9.17, 15) is 0 Å². The Bertz CT molecular complexity index is 422. The fourth-order valence-corrected chi connectivity index (χ4v) is 2.27. The molecule has 1 heteroatoms. The van der Waals surface area contributed by atoms with Crippen LogP contribution < -0.4 is 0 Å². The lowest BCUT2D eigenvalue weighted by atomic mass is 9.73. The van der Waals surface area contributed by atoms with Gasteiger partial charge in [-0.1, -0.05) is 25.1 Å². The van der Waals surface area contributed by atoms with Crippen LogP contribution in [0, 0.1) is 5.92 Å². The average molecular weight is 186 g/mol. The van der Waals surface area contributed by atoms with E-state index in [-0.39, 0.29) is 0 Å². The van der Waals surface area contributed by atoms with Crippen molar-refractivity contribution >= 4 is 11.0 Å². The first kappa shape index (κ1) is 8.10. The predicted molar refractivity (Wildman–Crippen MR) is 57.4 cm³/mol. The molecule has 2 unspecified atom stereocenters. The Labute approximate surface area is 83.7 Å². The number of para-hydroxylation sites is 1. The second kappa shape index (κ2) is 2.88. The van der Waals surface area contributed by atoms with Crippen molar-refractivity contribution in [1.82, 2.24) is 0 Å². The normalized spacial score (nSPS) is 26.4. The molecule has 0 N–H and O–H groups in total. The molecular formula is C13H14O. The van der Waals surface area contributed by atoms with Crippen molar-refractivity contribution in [2.45, 2.75) is 25.7 Å². The molecule has 1 nitrogen and oxygen atoms in total. The Hall–Kier alpha value is -1.24. The van der Waals surface area contributed by atoms with E-state index in [2.05, 4.69) is 25.1 Å². The molecule has 1 aliphatic rings. The summed E-state index contributed by atoms with van der Waals surface area (Å²) in [6.45, 7) is 2.31. The van der Waals surface area contributed by atoms with Gasteiger partial charge in [-0.3, -0.25) is 0 Å². The molecule has 72 valence electrons. The van der Waals surface area contributed by atoms with E-state index >= 15 is 0 Å². The number of rotatable bonds is 1. The van der Waals surface area contributed by atoms with E-state index in [4.69, 9.17) is 4.42 Å². The third kappa shape index (κ3) is 1.08. The summed E-state index contributed by atoms with van der Waals surface area (Å²) in [6.07, 6.45) is 2.64. The van der Waals surface area contributed by atoms with E-state index < -0.39 is 0 Å².